The molecule has 9 nitrogen and oxygen atoms in total. The van der Waals surface area contributed by atoms with Crippen molar-refractivity contribution in [2.75, 3.05) is 39.2 Å². The number of hydrogen-bond donors (Lipinski definition) is 2. The first-order chi connectivity index (χ1) is 20.7. The van der Waals surface area contributed by atoms with E-state index in [0.717, 1.165) is 27.6 Å². The minimum atomic E-state index is -0.423. The first-order valence-corrected chi connectivity index (χ1v) is 14.6. The molecule has 0 bridgehead atoms. The van der Waals surface area contributed by atoms with E-state index in [-0.39, 0.29) is 30.6 Å². The lowest BCUT2D eigenvalue weighted by atomic mass is 9.96. The number of aryl methyl sites for hydroxylation is 1. The molecule has 43 heavy (non-hydrogen) atoms. The average Bonchev–Trinajstić information content (AvgIpc) is 3.32. The Labute approximate surface area is 252 Å². The van der Waals surface area contributed by atoms with Crippen molar-refractivity contribution in [3.63, 3.8) is 0 Å². The number of benzene rings is 3. The molecule has 3 atom stereocenters. The summed E-state index contributed by atoms with van der Waals surface area (Å²) in [6.45, 7) is 4.66. The molecule has 9 heteroatoms. The number of carbonyl (C=O) groups excluding carboxylic acids is 2. The number of urea groups is 1. The van der Waals surface area contributed by atoms with Gasteiger partial charge in [-0.2, -0.15) is 0 Å². The molecule has 1 aromatic heterocycles. The van der Waals surface area contributed by atoms with Crippen LogP contribution in [0.3, 0.4) is 0 Å². The van der Waals surface area contributed by atoms with Gasteiger partial charge in [0, 0.05) is 55.3 Å². The molecule has 1 aliphatic heterocycles. The first kappa shape index (κ1) is 30.1. The molecule has 5 rings (SSSR count). The molecule has 0 spiro atoms. The van der Waals surface area contributed by atoms with Gasteiger partial charge in [0.05, 0.1) is 32.5 Å². The van der Waals surface area contributed by atoms with Gasteiger partial charge in [-0.05, 0) is 48.4 Å². The largest absolute Gasteiger partial charge is 0.497 e. The van der Waals surface area contributed by atoms with Gasteiger partial charge in [0.15, 0.2) is 0 Å². The number of amides is 3. The fraction of sp³-hybridized carbons (Fsp3) is 0.353. The summed E-state index contributed by atoms with van der Waals surface area (Å²) in [5.74, 6) is 0.401. The zero-order chi connectivity index (χ0) is 30.7. The molecule has 0 saturated carbocycles. The maximum Gasteiger partial charge on any atom is 0.321 e. The maximum absolute atomic E-state index is 14.5. The van der Waals surface area contributed by atoms with Crippen molar-refractivity contribution >= 4 is 28.5 Å². The number of nitrogens with zero attached hydrogens (tertiary/aromatic N) is 3. The first-order valence-electron chi connectivity index (χ1n) is 14.6. The summed E-state index contributed by atoms with van der Waals surface area (Å²) in [5, 5.41) is 14.1. The molecule has 0 radical (unpaired) electrons. The van der Waals surface area contributed by atoms with Gasteiger partial charge in [-0.25, -0.2) is 4.79 Å². The lowest BCUT2D eigenvalue weighted by Gasteiger charge is -2.35. The quantitative estimate of drug-likeness (QED) is 0.318. The molecule has 0 aliphatic carbocycles. The molecule has 3 aromatic carbocycles. The van der Waals surface area contributed by atoms with Gasteiger partial charge in [-0.3, -0.25) is 4.79 Å². The van der Waals surface area contributed by atoms with Crippen molar-refractivity contribution < 1.29 is 24.2 Å². The summed E-state index contributed by atoms with van der Waals surface area (Å²) in [6, 6.07) is 22.5. The second-order valence-electron chi connectivity index (χ2n) is 11.3. The van der Waals surface area contributed by atoms with Crippen LogP contribution in [0.2, 0.25) is 0 Å². The van der Waals surface area contributed by atoms with Crippen molar-refractivity contribution in [2.24, 2.45) is 13.0 Å². The lowest BCUT2D eigenvalue weighted by molar-refractivity contribution is -0.0179. The normalized spacial score (nSPS) is 17.9. The smallest absolute Gasteiger partial charge is 0.321 e. The van der Waals surface area contributed by atoms with Crippen molar-refractivity contribution in [3.05, 3.63) is 84.1 Å². The molecule has 1 aliphatic rings. The number of para-hydroxylation sites is 1. The highest BCUT2D eigenvalue weighted by Gasteiger charge is 2.34. The number of nitrogens with one attached hydrogen (secondary N) is 1. The number of hydrogen-bond acceptors (Lipinski definition) is 5. The number of carbonyl (C=O) groups is 2. The van der Waals surface area contributed by atoms with Crippen molar-refractivity contribution in [2.45, 2.75) is 32.6 Å². The number of methoxy groups -OCH3 is 1. The van der Waals surface area contributed by atoms with Gasteiger partial charge < -0.3 is 34.3 Å². The Morgan fingerprint density at radius 3 is 2.53 bits per heavy atom. The van der Waals surface area contributed by atoms with Crippen LogP contribution in [0.15, 0.2) is 72.8 Å². The highest BCUT2D eigenvalue weighted by Crippen LogP contribution is 2.38. The Hall–Kier alpha value is -4.34. The Balaban J connectivity index is 1.51. The highest BCUT2D eigenvalue weighted by atomic mass is 16.5. The number of ether oxygens (including phenoxy) is 2. The predicted molar refractivity (Wildman–Crippen MR) is 168 cm³/mol. The van der Waals surface area contributed by atoms with E-state index in [9.17, 15) is 14.7 Å². The van der Waals surface area contributed by atoms with Crippen molar-refractivity contribution in [3.8, 4) is 16.9 Å². The van der Waals surface area contributed by atoms with E-state index in [1.807, 2.05) is 74.0 Å². The molecule has 226 valence electrons. The van der Waals surface area contributed by atoms with Crippen LogP contribution < -0.4 is 10.1 Å². The highest BCUT2D eigenvalue weighted by molar-refractivity contribution is 6.10. The van der Waals surface area contributed by atoms with E-state index in [1.54, 1.807) is 48.2 Å². The fourth-order valence-electron chi connectivity index (χ4n) is 5.77. The van der Waals surface area contributed by atoms with E-state index in [2.05, 4.69) is 5.32 Å². The average molecular weight is 585 g/mol. The molecule has 4 aromatic rings. The van der Waals surface area contributed by atoms with Crippen LogP contribution in [0.4, 0.5) is 10.5 Å². The summed E-state index contributed by atoms with van der Waals surface area (Å²) in [4.78, 5) is 31.0. The van der Waals surface area contributed by atoms with Crippen LogP contribution in [-0.2, 0) is 18.4 Å². The van der Waals surface area contributed by atoms with E-state index < -0.39 is 6.04 Å². The summed E-state index contributed by atoms with van der Waals surface area (Å²) >= 11 is 0. The van der Waals surface area contributed by atoms with E-state index >= 15 is 0 Å². The number of anilines is 1. The van der Waals surface area contributed by atoms with E-state index in [4.69, 9.17) is 9.47 Å². The Bertz CT molecular complexity index is 1600. The summed E-state index contributed by atoms with van der Waals surface area (Å²) in [5.41, 5.74) is 4.94. The molecule has 2 heterocycles. The summed E-state index contributed by atoms with van der Waals surface area (Å²) in [6.07, 6.45) is -0.390. The third-order valence-corrected chi connectivity index (χ3v) is 8.37. The lowest BCUT2D eigenvalue weighted by Crippen LogP contribution is -2.48. The molecule has 0 fully saturated rings. The molecular formula is C34H40N4O5. The van der Waals surface area contributed by atoms with Gasteiger partial charge in [0.25, 0.3) is 5.91 Å². The van der Waals surface area contributed by atoms with Gasteiger partial charge in [0.1, 0.15) is 11.4 Å². The van der Waals surface area contributed by atoms with Crippen LogP contribution in [-0.4, -0.2) is 77.4 Å². The number of likely N-dealkylation sites (N-methyl/N-ethyl adjacent to an activating group) is 1. The van der Waals surface area contributed by atoms with Gasteiger partial charge in [0.2, 0.25) is 0 Å². The minimum absolute atomic E-state index is 0.150. The molecular weight excluding hydrogens is 544 g/mol. The number of aliphatic hydroxyl groups is 1. The Morgan fingerprint density at radius 2 is 1.81 bits per heavy atom. The number of aromatic nitrogens is 1. The topological polar surface area (TPSA) is 96.3 Å². The maximum atomic E-state index is 14.5. The predicted octanol–water partition coefficient (Wildman–Crippen LogP) is 5.38. The zero-order valence-electron chi connectivity index (χ0n) is 25.4. The third kappa shape index (κ3) is 6.09. The monoisotopic (exact) mass is 584 g/mol. The van der Waals surface area contributed by atoms with Gasteiger partial charge in [-0.1, -0.05) is 49.4 Å². The van der Waals surface area contributed by atoms with E-state index in [0.29, 0.717) is 36.8 Å². The standard InChI is InChI=1S/C34H40N4O5/c1-22-18-38(23(2)20-39)33(40)32-31(28-12-8-9-13-29(28)37(32)4)27-11-7-6-10-24(27)21-43-30(22)19-36(3)34(41)35-25-14-16-26(42-5)17-15-25/h6-17,22-23,30,39H,18-21H2,1-5H3,(H,35,41)/t22-,23-,30+/m1/s1. The Morgan fingerprint density at radius 1 is 1.12 bits per heavy atom. The SMILES string of the molecule is COc1ccc(NC(=O)N(C)C[C@@H]2OCc3ccccc3-c3c(n(C)c4ccccc34)C(=O)N([C@H](C)CO)C[C@H]2C)cc1. The number of fused-ring (bicyclic) bond motifs is 5. The minimum Gasteiger partial charge on any atom is -0.497 e. The van der Waals surface area contributed by atoms with Crippen LogP contribution in [0, 0.1) is 5.92 Å². The molecule has 2 N–H and O–H groups in total. The van der Waals surface area contributed by atoms with Gasteiger partial charge >= 0.3 is 6.03 Å². The number of aliphatic hydroxyl groups excluding tert-OH is 1. The summed E-state index contributed by atoms with van der Waals surface area (Å²) < 4.78 is 13.8. The van der Waals surface area contributed by atoms with Crippen LogP contribution in [0.1, 0.15) is 29.9 Å². The van der Waals surface area contributed by atoms with Crippen LogP contribution in [0.5, 0.6) is 5.75 Å². The fourth-order valence-corrected chi connectivity index (χ4v) is 5.77. The third-order valence-electron chi connectivity index (χ3n) is 8.37. The Kier molecular flexibility index (Phi) is 9.03. The number of rotatable bonds is 6. The van der Waals surface area contributed by atoms with Crippen LogP contribution >= 0.6 is 0 Å². The van der Waals surface area contributed by atoms with Crippen molar-refractivity contribution in [1.82, 2.24) is 14.4 Å². The van der Waals surface area contributed by atoms with E-state index in [1.165, 1.54) is 0 Å². The molecule has 0 unspecified atom stereocenters. The zero-order valence-corrected chi connectivity index (χ0v) is 25.4. The van der Waals surface area contributed by atoms with Crippen molar-refractivity contribution in [1.29, 1.82) is 0 Å². The molecule has 3 amide bonds. The second kappa shape index (κ2) is 12.9. The second-order valence-corrected chi connectivity index (χ2v) is 11.3. The molecule has 0 saturated heterocycles. The summed E-state index contributed by atoms with van der Waals surface area (Å²) in [7, 11) is 5.25. The van der Waals surface area contributed by atoms with Gasteiger partial charge in [-0.15, -0.1) is 0 Å². The van der Waals surface area contributed by atoms with Crippen LogP contribution in [0.25, 0.3) is 22.0 Å².